The zero-order valence-electron chi connectivity index (χ0n) is 21.9. The number of amides is 2. The lowest BCUT2D eigenvalue weighted by atomic mass is 9.98. The van der Waals surface area contributed by atoms with Crippen molar-refractivity contribution in [1.29, 1.82) is 0 Å². The molecule has 2 amide bonds. The highest BCUT2D eigenvalue weighted by molar-refractivity contribution is 8.00. The van der Waals surface area contributed by atoms with Gasteiger partial charge in [0.2, 0.25) is 5.91 Å². The number of benzene rings is 3. The van der Waals surface area contributed by atoms with Gasteiger partial charge in [0.25, 0.3) is 5.91 Å². The van der Waals surface area contributed by atoms with Gasteiger partial charge >= 0.3 is 5.97 Å². The molecule has 0 bridgehead atoms. The van der Waals surface area contributed by atoms with Crippen LogP contribution in [0.2, 0.25) is 0 Å². The zero-order chi connectivity index (χ0) is 27.5. The standard InChI is InChI=1S/C32H30N2O5S/c35-26(19-21-11-4-1-5-12-21)33-27-30(36)34-28(24(20-40-31(27)34)25-17-10-18-38-25)32(37)39-29(22-13-6-2-7-14-22)23-15-8-3-9-16-23/h1-9,11-16,25,27,29,31H,10,17-20H2,(H,33,35)/t25-,27+,31+/m0/s1. The molecule has 40 heavy (non-hydrogen) atoms. The molecule has 0 radical (unpaired) electrons. The highest BCUT2D eigenvalue weighted by atomic mass is 32.2. The second kappa shape index (κ2) is 11.7. The van der Waals surface area contributed by atoms with Gasteiger partial charge in [-0.1, -0.05) is 91.0 Å². The van der Waals surface area contributed by atoms with Crippen LogP contribution in [-0.2, 0) is 30.3 Å². The Morgan fingerprint density at radius 1 is 0.950 bits per heavy atom. The molecule has 7 nitrogen and oxygen atoms in total. The first-order chi connectivity index (χ1) is 19.6. The average Bonchev–Trinajstić information content (AvgIpc) is 3.54. The van der Waals surface area contributed by atoms with E-state index in [9.17, 15) is 14.4 Å². The van der Waals surface area contributed by atoms with E-state index in [4.69, 9.17) is 9.47 Å². The highest BCUT2D eigenvalue weighted by Crippen LogP contribution is 2.44. The molecule has 6 rings (SSSR count). The van der Waals surface area contributed by atoms with E-state index in [1.807, 2.05) is 91.0 Å². The van der Waals surface area contributed by atoms with E-state index < -0.39 is 18.1 Å². The summed E-state index contributed by atoms with van der Waals surface area (Å²) in [4.78, 5) is 41.8. The van der Waals surface area contributed by atoms with E-state index in [2.05, 4.69) is 5.32 Å². The van der Waals surface area contributed by atoms with E-state index in [0.717, 1.165) is 35.1 Å². The Morgan fingerprint density at radius 2 is 1.57 bits per heavy atom. The Kier molecular flexibility index (Phi) is 7.71. The number of carbonyl (C=O) groups excluding carboxylic acids is 3. The van der Waals surface area contributed by atoms with Crippen LogP contribution in [0.5, 0.6) is 0 Å². The summed E-state index contributed by atoms with van der Waals surface area (Å²) in [6.45, 7) is 0.618. The van der Waals surface area contributed by atoms with Crippen molar-refractivity contribution in [2.45, 2.75) is 42.9 Å². The third-order valence-electron chi connectivity index (χ3n) is 7.46. The molecular weight excluding hydrogens is 524 g/mol. The Bertz CT molecular complexity index is 1370. The normalized spacial score (nSPS) is 22.1. The molecule has 3 aliphatic heterocycles. The number of esters is 1. The Hall–Kier alpha value is -3.88. The van der Waals surface area contributed by atoms with Gasteiger partial charge < -0.3 is 14.8 Å². The molecule has 0 spiro atoms. The first kappa shape index (κ1) is 26.3. The predicted molar refractivity (Wildman–Crippen MR) is 152 cm³/mol. The maximum atomic E-state index is 14.0. The predicted octanol–water partition coefficient (Wildman–Crippen LogP) is 4.39. The number of hydrogen-bond donors (Lipinski definition) is 1. The average molecular weight is 555 g/mol. The molecule has 0 aromatic heterocycles. The fraction of sp³-hybridized carbons (Fsp3) is 0.281. The third kappa shape index (κ3) is 5.29. The van der Waals surface area contributed by atoms with Crippen molar-refractivity contribution in [2.24, 2.45) is 0 Å². The summed E-state index contributed by atoms with van der Waals surface area (Å²) in [5.74, 6) is -0.570. The van der Waals surface area contributed by atoms with Gasteiger partial charge in [-0.15, -0.1) is 11.8 Å². The summed E-state index contributed by atoms with van der Waals surface area (Å²) >= 11 is 1.55. The highest BCUT2D eigenvalue weighted by Gasteiger charge is 2.55. The number of carbonyl (C=O) groups is 3. The summed E-state index contributed by atoms with van der Waals surface area (Å²) < 4.78 is 12.2. The number of nitrogens with zero attached hydrogens (tertiary/aromatic N) is 1. The summed E-state index contributed by atoms with van der Waals surface area (Å²) in [5.41, 5.74) is 3.59. The van der Waals surface area contributed by atoms with Gasteiger partial charge in [-0.3, -0.25) is 14.5 Å². The Balaban J connectivity index is 1.26. The summed E-state index contributed by atoms with van der Waals surface area (Å²) in [6.07, 6.45) is 0.996. The third-order valence-corrected chi connectivity index (χ3v) is 8.77. The first-order valence-corrected chi connectivity index (χ1v) is 14.6. The molecule has 0 unspecified atom stereocenters. The topological polar surface area (TPSA) is 84.9 Å². The Morgan fingerprint density at radius 3 is 2.17 bits per heavy atom. The first-order valence-electron chi connectivity index (χ1n) is 13.5. The minimum atomic E-state index is -0.700. The van der Waals surface area contributed by atoms with Gasteiger partial charge in [0.1, 0.15) is 17.1 Å². The molecule has 3 heterocycles. The molecule has 1 N–H and O–H groups in total. The van der Waals surface area contributed by atoms with Crippen LogP contribution in [-0.4, -0.2) is 52.6 Å². The number of fused-ring (bicyclic) bond motifs is 1. The van der Waals surface area contributed by atoms with Crippen LogP contribution in [0, 0.1) is 0 Å². The van der Waals surface area contributed by atoms with Crippen molar-refractivity contribution in [3.05, 3.63) is 119 Å². The molecule has 3 aromatic rings. The van der Waals surface area contributed by atoms with Gasteiger partial charge in [0.05, 0.1) is 12.5 Å². The van der Waals surface area contributed by atoms with Gasteiger partial charge in [-0.05, 0) is 35.1 Å². The van der Waals surface area contributed by atoms with Crippen LogP contribution in [0.4, 0.5) is 0 Å². The summed E-state index contributed by atoms with van der Waals surface area (Å²) in [6, 6.07) is 27.9. The molecule has 3 aliphatic rings. The fourth-order valence-corrected chi connectivity index (χ4v) is 6.89. The lowest BCUT2D eigenvalue weighted by Gasteiger charge is -2.50. The maximum absolute atomic E-state index is 14.0. The Labute approximate surface area is 237 Å². The smallest absolute Gasteiger partial charge is 0.356 e. The number of rotatable bonds is 8. The van der Waals surface area contributed by atoms with Gasteiger partial charge in [0, 0.05) is 12.4 Å². The van der Waals surface area contributed by atoms with Gasteiger partial charge in [-0.25, -0.2) is 4.79 Å². The van der Waals surface area contributed by atoms with Crippen LogP contribution in [0.3, 0.4) is 0 Å². The van der Waals surface area contributed by atoms with Crippen LogP contribution in [0.25, 0.3) is 0 Å². The van der Waals surface area contributed by atoms with Crippen molar-refractivity contribution in [3.63, 3.8) is 0 Å². The second-order valence-electron chi connectivity index (χ2n) is 10.1. The molecule has 3 aromatic carbocycles. The largest absolute Gasteiger partial charge is 0.448 e. The fourth-order valence-electron chi connectivity index (χ4n) is 5.48. The van der Waals surface area contributed by atoms with E-state index in [-0.39, 0.29) is 35.4 Å². The molecule has 204 valence electrons. The summed E-state index contributed by atoms with van der Waals surface area (Å²) in [5, 5.41) is 2.51. The summed E-state index contributed by atoms with van der Waals surface area (Å²) in [7, 11) is 0. The molecular formula is C32H30N2O5S. The van der Waals surface area contributed by atoms with Crippen LogP contribution < -0.4 is 5.32 Å². The van der Waals surface area contributed by atoms with Crippen molar-refractivity contribution in [3.8, 4) is 0 Å². The molecule has 0 saturated carbocycles. The van der Waals surface area contributed by atoms with E-state index in [1.54, 1.807) is 11.8 Å². The lowest BCUT2D eigenvalue weighted by molar-refractivity contribution is -0.154. The number of hydrogen-bond acceptors (Lipinski definition) is 6. The van der Waals surface area contributed by atoms with Crippen molar-refractivity contribution in [2.75, 3.05) is 12.4 Å². The number of ether oxygens (including phenoxy) is 2. The second-order valence-corrected chi connectivity index (χ2v) is 11.2. The van der Waals surface area contributed by atoms with Crippen molar-refractivity contribution < 1.29 is 23.9 Å². The lowest BCUT2D eigenvalue weighted by Crippen LogP contribution is -2.71. The van der Waals surface area contributed by atoms with Gasteiger partial charge in [-0.2, -0.15) is 0 Å². The monoisotopic (exact) mass is 554 g/mol. The number of nitrogens with one attached hydrogen (secondary N) is 1. The molecule has 2 fully saturated rings. The minimum absolute atomic E-state index is 0.184. The van der Waals surface area contributed by atoms with Crippen LogP contribution in [0.15, 0.2) is 102 Å². The van der Waals surface area contributed by atoms with Crippen LogP contribution >= 0.6 is 11.8 Å². The molecule has 0 aliphatic carbocycles. The van der Waals surface area contributed by atoms with E-state index in [0.29, 0.717) is 12.4 Å². The van der Waals surface area contributed by atoms with Gasteiger partial charge in [0.15, 0.2) is 6.10 Å². The molecule has 2 saturated heterocycles. The quantitative estimate of drug-likeness (QED) is 0.328. The molecule has 8 heteroatoms. The van der Waals surface area contributed by atoms with Crippen molar-refractivity contribution >= 4 is 29.5 Å². The number of β-lactam (4-membered cyclic amide) rings is 1. The van der Waals surface area contributed by atoms with E-state index >= 15 is 0 Å². The zero-order valence-corrected chi connectivity index (χ0v) is 22.7. The number of thioether (sulfide) groups is 1. The van der Waals surface area contributed by atoms with Crippen molar-refractivity contribution in [1.82, 2.24) is 10.2 Å². The maximum Gasteiger partial charge on any atom is 0.356 e. The van der Waals surface area contributed by atoms with Crippen LogP contribution in [0.1, 0.15) is 35.6 Å². The SMILES string of the molecule is O=C(Cc1ccccc1)N[C@@H]1C(=O)N2C(C(=O)OC(c3ccccc3)c3ccccc3)=C([C@@H]3CCCO3)CS[C@H]12. The minimum Gasteiger partial charge on any atom is -0.448 e. The molecule has 3 atom stereocenters. The van der Waals surface area contributed by atoms with E-state index in [1.165, 1.54) is 4.90 Å².